The highest BCUT2D eigenvalue weighted by Crippen LogP contribution is 2.39. The van der Waals surface area contributed by atoms with Crippen LogP contribution in [0.2, 0.25) is 10.0 Å². The zero-order valence-electron chi connectivity index (χ0n) is 33.5. The molecule has 1 fully saturated rings. The van der Waals surface area contributed by atoms with Crippen molar-refractivity contribution in [3.63, 3.8) is 0 Å². The Hall–Kier alpha value is -4.41. The number of anilines is 3. The number of rotatable bonds is 14. The Morgan fingerprint density at radius 3 is 2.25 bits per heavy atom. The Bertz CT molecular complexity index is 2060. The summed E-state index contributed by atoms with van der Waals surface area (Å²) in [5, 5.41) is 9.27. The van der Waals surface area contributed by atoms with Crippen molar-refractivity contribution in [1.29, 1.82) is 0 Å². The Balaban J connectivity index is 1.38. The first-order chi connectivity index (χ1) is 26.0. The number of nitrogens with zero attached hydrogens (tertiary/aromatic N) is 2. The topological polar surface area (TPSA) is 118 Å². The lowest BCUT2D eigenvalue weighted by Gasteiger charge is -2.37. The van der Waals surface area contributed by atoms with Gasteiger partial charge in [0.25, 0.3) is 17.4 Å². The van der Waals surface area contributed by atoms with E-state index in [0.29, 0.717) is 47.8 Å². The van der Waals surface area contributed by atoms with Crippen molar-refractivity contribution in [2.45, 2.75) is 91.9 Å². The second kappa shape index (κ2) is 17.2. The normalized spacial score (nSPS) is 16.2. The summed E-state index contributed by atoms with van der Waals surface area (Å²) in [5.74, 6) is 1.35. The molecule has 296 valence electrons. The van der Waals surface area contributed by atoms with Crippen LogP contribution < -0.4 is 30.6 Å². The number of hydrogen-bond donors (Lipinski definition) is 3. The maximum absolute atomic E-state index is 14.2. The molecule has 10 nitrogen and oxygen atoms in total. The van der Waals surface area contributed by atoms with E-state index in [2.05, 4.69) is 83.3 Å². The van der Waals surface area contributed by atoms with Crippen molar-refractivity contribution in [3.05, 3.63) is 91.7 Å². The molecule has 0 radical (unpaired) electrons. The van der Waals surface area contributed by atoms with Gasteiger partial charge in [-0.1, -0.05) is 103 Å². The summed E-state index contributed by atoms with van der Waals surface area (Å²) in [6.07, 6.45) is 3.75. The fraction of sp³-hybridized carbons (Fsp3) is 0.465. The summed E-state index contributed by atoms with van der Waals surface area (Å²) < 4.78 is 12.7. The molecule has 55 heavy (non-hydrogen) atoms. The summed E-state index contributed by atoms with van der Waals surface area (Å²) >= 11 is 13.2. The van der Waals surface area contributed by atoms with Gasteiger partial charge >= 0.3 is 0 Å². The molecule has 3 aromatic carbocycles. The van der Waals surface area contributed by atoms with Gasteiger partial charge in [-0.2, -0.15) is 0 Å². The molecule has 1 aliphatic rings. The number of aromatic nitrogens is 2. The van der Waals surface area contributed by atoms with Crippen LogP contribution in [-0.4, -0.2) is 48.4 Å². The average Bonchev–Trinajstić information content (AvgIpc) is 3.47. The number of aromatic amines is 1. The maximum Gasteiger partial charge on any atom is 0.297 e. The highest BCUT2D eigenvalue weighted by molar-refractivity contribution is 6.38. The quantitative estimate of drug-likeness (QED) is 0.117. The number of carbonyl (C=O) groups excluding carboxylic acids is 2. The first-order valence-electron chi connectivity index (χ1n) is 19.2. The minimum Gasteiger partial charge on any atom is -0.497 e. The van der Waals surface area contributed by atoms with Crippen LogP contribution >= 0.6 is 23.2 Å². The van der Waals surface area contributed by atoms with Crippen LogP contribution in [-0.2, 0) is 15.6 Å². The smallest absolute Gasteiger partial charge is 0.297 e. The largest absolute Gasteiger partial charge is 0.497 e. The van der Waals surface area contributed by atoms with Gasteiger partial charge in [0.1, 0.15) is 22.9 Å². The summed E-state index contributed by atoms with van der Waals surface area (Å²) in [4.78, 5) is 43.3. The van der Waals surface area contributed by atoms with Gasteiger partial charge in [-0.25, -0.2) is 4.68 Å². The minimum absolute atomic E-state index is 0.00891. The average molecular weight is 793 g/mol. The zero-order valence-corrected chi connectivity index (χ0v) is 35.0. The number of methoxy groups -OCH3 is 1. The fourth-order valence-corrected chi connectivity index (χ4v) is 7.62. The molecule has 12 heteroatoms. The first kappa shape index (κ1) is 41.7. The molecule has 4 aromatic rings. The maximum atomic E-state index is 14.2. The van der Waals surface area contributed by atoms with Crippen LogP contribution in [0.5, 0.6) is 11.5 Å². The molecule has 2 atom stereocenters. The number of nitrogens with one attached hydrogen (secondary N) is 3. The molecule has 2 heterocycles. The number of carbonyl (C=O) groups is 2. The van der Waals surface area contributed by atoms with E-state index in [1.54, 1.807) is 36.4 Å². The SMILES string of the molecule is CCC1CN(c2c(NC(=O)c3cccc(NC(=O)COc4ccc(C(C)(C)CC)cc4C(C)(C)CC)c3)[nH]n(-c3c(Cl)cc(OC)cc3Cl)c2=O)CCC1C. The van der Waals surface area contributed by atoms with Gasteiger partial charge in [-0.15, -0.1) is 0 Å². The molecule has 0 saturated carbocycles. The van der Waals surface area contributed by atoms with Crippen molar-refractivity contribution in [3.8, 4) is 17.2 Å². The van der Waals surface area contributed by atoms with Gasteiger partial charge in [-0.05, 0) is 71.8 Å². The molecule has 0 bridgehead atoms. The summed E-state index contributed by atoms with van der Waals surface area (Å²) in [7, 11) is 1.50. The van der Waals surface area contributed by atoms with Gasteiger partial charge < -0.3 is 25.0 Å². The second-order valence-corrected chi connectivity index (χ2v) is 16.7. The van der Waals surface area contributed by atoms with Crippen LogP contribution in [0.15, 0.2) is 59.4 Å². The van der Waals surface area contributed by atoms with Gasteiger partial charge in [0.05, 0.1) is 17.2 Å². The molecule has 1 aromatic heterocycles. The molecule has 2 unspecified atom stereocenters. The van der Waals surface area contributed by atoms with Crippen molar-refractivity contribution in [2.75, 3.05) is 42.3 Å². The second-order valence-electron chi connectivity index (χ2n) is 15.9. The third-order valence-electron chi connectivity index (χ3n) is 11.5. The van der Waals surface area contributed by atoms with Crippen LogP contribution in [0.4, 0.5) is 17.2 Å². The van der Waals surface area contributed by atoms with Crippen molar-refractivity contribution >= 4 is 52.2 Å². The molecule has 0 spiro atoms. The predicted molar refractivity (Wildman–Crippen MR) is 224 cm³/mol. The van der Waals surface area contributed by atoms with Gasteiger partial charge in [-0.3, -0.25) is 19.5 Å². The van der Waals surface area contributed by atoms with Crippen molar-refractivity contribution < 1.29 is 19.1 Å². The molecule has 2 amide bonds. The number of amides is 2. The number of ether oxygens (including phenoxy) is 2. The van der Waals surface area contributed by atoms with E-state index in [0.717, 1.165) is 31.2 Å². The Labute approximate surface area is 334 Å². The Morgan fingerprint density at radius 1 is 0.927 bits per heavy atom. The van der Waals surface area contributed by atoms with Gasteiger partial charge in [0.2, 0.25) is 0 Å². The third kappa shape index (κ3) is 9.18. The van der Waals surface area contributed by atoms with Crippen LogP contribution in [0.3, 0.4) is 0 Å². The first-order valence-corrected chi connectivity index (χ1v) is 19.9. The number of piperidine rings is 1. The van der Waals surface area contributed by atoms with E-state index in [9.17, 15) is 14.4 Å². The lowest BCUT2D eigenvalue weighted by atomic mass is 9.76. The van der Waals surface area contributed by atoms with E-state index in [1.165, 1.54) is 17.4 Å². The Kier molecular flexibility index (Phi) is 13.0. The van der Waals surface area contributed by atoms with E-state index in [-0.39, 0.29) is 50.5 Å². The van der Waals surface area contributed by atoms with Crippen molar-refractivity contribution in [2.24, 2.45) is 11.8 Å². The van der Waals surface area contributed by atoms with Crippen LogP contribution in [0, 0.1) is 11.8 Å². The molecule has 5 rings (SSSR count). The number of halogens is 2. The fourth-order valence-electron chi connectivity index (χ4n) is 6.99. The number of H-pyrrole nitrogens is 1. The summed E-state index contributed by atoms with van der Waals surface area (Å²) in [6, 6.07) is 16.0. The lowest BCUT2D eigenvalue weighted by molar-refractivity contribution is -0.118. The van der Waals surface area contributed by atoms with Crippen molar-refractivity contribution in [1.82, 2.24) is 9.78 Å². The Morgan fingerprint density at radius 2 is 1.62 bits per heavy atom. The molecule has 3 N–H and O–H groups in total. The standard InChI is InChI=1S/C43H55Cl2N5O5/c1-10-27-24-49(19-18-26(27)4)38-39(48-50(41(38)53)37-33(44)22-31(54-9)23-34(37)45)47-40(52)28-14-13-15-30(20-28)46-36(51)25-55-35-17-16-29(42(5,6)11-2)21-32(35)43(7,8)12-3/h13-17,20-23,26-27,48H,10-12,18-19,24-25H2,1-9H3,(H,46,51)(H,47,52). The van der Waals surface area contributed by atoms with Crippen LogP contribution in [0.1, 0.15) is 103 Å². The molecule has 0 aliphatic carbocycles. The highest BCUT2D eigenvalue weighted by Gasteiger charge is 2.32. The van der Waals surface area contributed by atoms with E-state index in [1.807, 2.05) is 11.0 Å². The molecular formula is C43H55Cl2N5O5. The summed E-state index contributed by atoms with van der Waals surface area (Å²) in [6.45, 7) is 18.6. The zero-order chi connectivity index (χ0) is 40.2. The molecule has 1 aliphatic heterocycles. The molecular weight excluding hydrogens is 737 g/mol. The third-order valence-corrected chi connectivity index (χ3v) is 12.1. The lowest BCUT2D eigenvalue weighted by Crippen LogP contribution is -2.41. The number of benzene rings is 3. The molecule has 1 saturated heterocycles. The van der Waals surface area contributed by atoms with E-state index < -0.39 is 11.5 Å². The minimum atomic E-state index is -0.479. The summed E-state index contributed by atoms with van der Waals surface area (Å²) in [5.41, 5.74) is 3.01. The van der Waals surface area contributed by atoms with E-state index >= 15 is 0 Å². The monoisotopic (exact) mass is 791 g/mol. The van der Waals surface area contributed by atoms with Gasteiger partial charge in [0.15, 0.2) is 12.4 Å². The van der Waals surface area contributed by atoms with Crippen LogP contribution in [0.25, 0.3) is 5.69 Å². The predicted octanol–water partition coefficient (Wildman–Crippen LogP) is 10.00. The van der Waals surface area contributed by atoms with Gasteiger partial charge in [0, 0.05) is 42.0 Å². The highest BCUT2D eigenvalue weighted by atomic mass is 35.5. The van der Waals surface area contributed by atoms with E-state index in [4.69, 9.17) is 32.7 Å². The number of hydrogen-bond acceptors (Lipinski definition) is 6.